The van der Waals surface area contributed by atoms with Gasteiger partial charge in [0.15, 0.2) is 11.6 Å². The molecular weight excluding hydrogens is 294 g/mol. The summed E-state index contributed by atoms with van der Waals surface area (Å²) in [5.41, 5.74) is 1.74. The third kappa shape index (κ3) is 3.21. The molecule has 0 aliphatic carbocycles. The molecule has 3 rings (SSSR count). The maximum Gasteiger partial charge on any atom is 0.335 e. The van der Waals surface area contributed by atoms with E-state index in [4.69, 9.17) is 9.84 Å². The molecule has 2 N–H and O–H groups in total. The molecule has 0 atom stereocenters. The minimum absolute atomic E-state index is 0.210. The van der Waals surface area contributed by atoms with Crippen molar-refractivity contribution in [3.05, 3.63) is 54.1 Å². The maximum absolute atomic E-state index is 11.0. The molecule has 1 aromatic heterocycles. The summed E-state index contributed by atoms with van der Waals surface area (Å²) in [5.74, 6) is 0.889. The number of nitrogens with zero attached hydrogens (tertiary/aromatic N) is 2. The normalized spacial score (nSPS) is 10.5. The predicted molar refractivity (Wildman–Crippen MR) is 85.4 cm³/mol. The molecule has 0 aliphatic heterocycles. The Hall–Kier alpha value is -3.15. The molecule has 0 saturated carbocycles. The monoisotopic (exact) mass is 309 g/mol. The Balaban J connectivity index is 1.88. The third-order valence-corrected chi connectivity index (χ3v) is 3.29. The van der Waals surface area contributed by atoms with Crippen molar-refractivity contribution >= 4 is 5.97 Å². The summed E-state index contributed by atoms with van der Waals surface area (Å²) in [5, 5.41) is 16.1. The molecule has 0 aliphatic rings. The first kappa shape index (κ1) is 14.8. The highest BCUT2D eigenvalue weighted by atomic mass is 16.5. The summed E-state index contributed by atoms with van der Waals surface area (Å²) >= 11 is 0. The van der Waals surface area contributed by atoms with Crippen molar-refractivity contribution in [2.45, 2.75) is 6.92 Å². The van der Waals surface area contributed by atoms with Crippen LogP contribution in [0, 0.1) is 0 Å². The van der Waals surface area contributed by atoms with E-state index in [1.54, 1.807) is 18.2 Å². The molecule has 0 radical (unpaired) electrons. The smallest absolute Gasteiger partial charge is 0.335 e. The number of H-pyrrole nitrogens is 1. The Kier molecular flexibility index (Phi) is 4.05. The van der Waals surface area contributed by atoms with Gasteiger partial charge in [0, 0.05) is 11.1 Å². The van der Waals surface area contributed by atoms with Crippen LogP contribution in [0.4, 0.5) is 0 Å². The van der Waals surface area contributed by atoms with Crippen LogP contribution in [0.25, 0.3) is 22.8 Å². The van der Waals surface area contributed by atoms with E-state index in [-0.39, 0.29) is 5.56 Å². The van der Waals surface area contributed by atoms with Gasteiger partial charge in [-0.2, -0.15) is 5.10 Å². The van der Waals surface area contributed by atoms with E-state index in [1.165, 1.54) is 6.07 Å². The fourth-order valence-corrected chi connectivity index (χ4v) is 2.19. The highest BCUT2D eigenvalue weighted by molar-refractivity contribution is 5.89. The molecule has 1 heterocycles. The summed E-state index contributed by atoms with van der Waals surface area (Å²) in [4.78, 5) is 15.5. The summed E-state index contributed by atoms with van der Waals surface area (Å²) in [6.07, 6.45) is 0. The Labute approximate surface area is 132 Å². The lowest BCUT2D eigenvalue weighted by molar-refractivity contribution is 0.0697. The molecule has 0 fully saturated rings. The second-order valence-electron chi connectivity index (χ2n) is 4.85. The molecule has 6 heteroatoms. The van der Waals surface area contributed by atoms with Crippen molar-refractivity contribution in [3.8, 4) is 28.5 Å². The van der Waals surface area contributed by atoms with E-state index < -0.39 is 5.97 Å². The Bertz CT molecular complexity index is 825. The topological polar surface area (TPSA) is 88.1 Å². The molecule has 0 spiro atoms. The SMILES string of the molecule is CCOc1ccc(-c2n[nH]c(-c3cccc(C(=O)O)c3)n2)cc1. The van der Waals surface area contributed by atoms with Gasteiger partial charge in [-0.05, 0) is 43.3 Å². The number of carboxylic acids is 1. The average molecular weight is 309 g/mol. The number of aromatic amines is 1. The standard InChI is InChI=1S/C17H15N3O3/c1-2-23-14-8-6-11(7-9-14)15-18-16(20-19-15)12-4-3-5-13(10-12)17(21)22/h3-10H,2H2,1H3,(H,21,22)(H,18,19,20). The van der Waals surface area contributed by atoms with Crippen LogP contribution < -0.4 is 4.74 Å². The van der Waals surface area contributed by atoms with Crippen LogP contribution in [0.1, 0.15) is 17.3 Å². The van der Waals surface area contributed by atoms with Gasteiger partial charge in [-0.15, -0.1) is 0 Å². The molecule has 6 nitrogen and oxygen atoms in total. The lowest BCUT2D eigenvalue weighted by Gasteiger charge is -2.02. The summed E-state index contributed by atoms with van der Waals surface area (Å²) in [6, 6.07) is 14.0. The van der Waals surface area contributed by atoms with Crippen LogP contribution in [0.5, 0.6) is 5.75 Å². The van der Waals surface area contributed by atoms with Gasteiger partial charge in [0.05, 0.1) is 12.2 Å². The molecule has 2 aromatic carbocycles. The van der Waals surface area contributed by atoms with Crippen LogP contribution in [-0.4, -0.2) is 32.9 Å². The molecule has 0 saturated heterocycles. The van der Waals surface area contributed by atoms with E-state index >= 15 is 0 Å². The number of aromatic nitrogens is 3. The second kappa shape index (κ2) is 6.31. The minimum Gasteiger partial charge on any atom is -0.494 e. The van der Waals surface area contributed by atoms with Gasteiger partial charge in [-0.25, -0.2) is 9.78 Å². The largest absolute Gasteiger partial charge is 0.494 e. The van der Waals surface area contributed by atoms with E-state index in [0.717, 1.165) is 11.3 Å². The molecule has 116 valence electrons. The van der Waals surface area contributed by atoms with Gasteiger partial charge in [0.25, 0.3) is 0 Å². The second-order valence-corrected chi connectivity index (χ2v) is 4.85. The minimum atomic E-state index is -0.974. The predicted octanol–water partition coefficient (Wildman–Crippen LogP) is 3.24. The molecule has 23 heavy (non-hydrogen) atoms. The fraction of sp³-hybridized carbons (Fsp3) is 0.118. The third-order valence-electron chi connectivity index (χ3n) is 3.29. The van der Waals surface area contributed by atoms with E-state index in [1.807, 2.05) is 31.2 Å². The zero-order valence-electron chi connectivity index (χ0n) is 12.5. The highest BCUT2D eigenvalue weighted by Crippen LogP contribution is 2.22. The van der Waals surface area contributed by atoms with Gasteiger partial charge in [0.2, 0.25) is 0 Å². The fourth-order valence-electron chi connectivity index (χ4n) is 2.19. The first-order valence-corrected chi connectivity index (χ1v) is 7.16. The van der Waals surface area contributed by atoms with Crippen LogP contribution in [0.3, 0.4) is 0 Å². The Morgan fingerprint density at radius 1 is 1.17 bits per heavy atom. The number of hydrogen-bond donors (Lipinski definition) is 2. The van der Waals surface area contributed by atoms with E-state index in [2.05, 4.69) is 15.2 Å². The lowest BCUT2D eigenvalue weighted by Crippen LogP contribution is -1.96. The number of aromatic carboxylic acids is 1. The van der Waals surface area contributed by atoms with Gasteiger partial charge in [-0.1, -0.05) is 12.1 Å². The molecular formula is C17H15N3O3. The number of ether oxygens (including phenoxy) is 1. The lowest BCUT2D eigenvalue weighted by atomic mass is 10.1. The van der Waals surface area contributed by atoms with E-state index in [9.17, 15) is 4.79 Å². The van der Waals surface area contributed by atoms with Crippen molar-refractivity contribution in [3.63, 3.8) is 0 Å². The summed E-state index contributed by atoms with van der Waals surface area (Å²) < 4.78 is 5.40. The zero-order chi connectivity index (χ0) is 16.2. The van der Waals surface area contributed by atoms with Gasteiger partial charge in [0.1, 0.15) is 5.75 Å². The van der Waals surface area contributed by atoms with Crippen LogP contribution in [-0.2, 0) is 0 Å². The number of hydrogen-bond acceptors (Lipinski definition) is 4. The summed E-state index contributed by atoms with van der Waals surface area (Å²) in [7, 11) is 0. The molecule has 0 bridgehead atoms. The van der Waals surface area contributed by atoms with Crippen LogP contribution in [0.2, 0.25) is 0 Å². The van der Waals surface area contributed by atoms with Crippen molar-refractivity contribution in [1.29, 1.82) is 0 Å². The highest BCUT2D eigenvalue weighted by Gasteiger charge is 2.10. The zero-order valence-corrected chi connectivity index (χ0v) is 12.5. The van der Waals surface area contributed by atoms with Crippen molar-refractivity contribution in [2.24, 2.45) is 0 Å². The Morgan fingerprint density at radius 2 is 1.96 bits per heavy atom. The number of benzene rings is 2. The van der Waals surface area contributed by atoms with Crippen molar-refractivity contribution in [1.82, 2.24) is 15.2 Å². The van der Waals surface area contributed by atoms with E-state index in [0.29, 0.717) is 23.8 Å². The maximum atomic E-state index is 11.0. The van der Waals surface area contributed by atoms with Crippen LogP contribution >= 0.6 is 0 Å². The van der Waals surface area contributed by atoms with Gasteiger partial charge in [-0.3, -0.25) is 5.10 Å². The van der Waals surface area contributed by atoms with Crippen molar-refractivity contribution in [2.75, 3.05) is 6.61 Å². The molecule has 0 amide bonds. The first-order chi connectivity index (χ1) is 11.2. The van der Waals surface area contributed by atoms with Gasteiger partial charge >= 0.3 is 5.97 Å². The quantitative estimate of drug-likeness (QED) is 0.755. The molecule has 3 aromatic rings. The average Bonchev–Trinajstić information content (AvgIpc) is 3.06. The number of nitrogens with one attached hydrogen (secondary N) is 1. The Morgan fingerprint density at radius 3 is 2.65 bits per heavy atom. The first-order valence-electron chi connectivity index (χ1n) is 7.16. The number of rotatable bonds is 5. The number of carbonyl (C=O) groups is 1. The molecule has 0 unspecified atom stereocenters. The summed E-state index contributed by atoms with van der Waals surface area (Å²) in [6.45, 7) is 2.55. The van der Waals surface area contributed by atoms with Gasteiger partial charge < -0.3 is 9.84 Å². The van der Waals surface area contributed by atoms with Crippen molar-refractivity contribution < 1.29 is 14.6 Å². The van der Waals surface area contributed by atoms with Crippen LogP contribution in [0.15, 0.2) is 48.5 Å². The number of carboxylic acid groups (broad SMARTS) is 1.